The molecule has 2 heterocycles. The molecule has 2 saturated heterocycles. The van der Waals surface area contributed by atoms with E-state index in [9.17, 15) is 0 Å². The number of hydrogen-bond acceptors (Lipinski definition) is 4. The molecule has 0 saturated carbocycles. The largest absolute Gasteiger partial charge is 0.495 e. The fourth-order valence-electron chi connectivity index (χ4n) is 3.71. The Morgan fingerprint density at radius 2 is 1.96 bits per heavy atom. The molecule has 4 nitrogen and oxygen atoms in total. The molecule has 0 aromatic carbocycles. The van der Waals surface area contributed by atoms with Crippen LogP contribution >= 0.6 is 0 Å². The van der Waals surface area contributed by atoms with Gasteiger partial charge >= 0.3 is 0 Å². The number of rotatable bonds is 11. The number of hydrogen-bond donors (Lipinski definition) is 0. The molecule has 0 radical (unpaired) electrons. The van der Waals surface area contributed by atoms with Crippen molar-refractivity contribution < 1.29 is 18.9 Å². The van der Waals surface area contributed by atoms with Crippen LogP contribution < -0.4 is 0 Å². The van der Waals surface area contributed by atoms with Gasteiger partial charge in [0.05, 0.1) is 32.2 Å². The molecular formula is C22H34O4. The molecule has 4 heteroatoms. The molecular weight excluding hydrogens is 328 g/mol. The first-order valence-electron chi connectivity index (χ1n) is 10.0. The maximum absolute atomic E-state index is 5.94. The summed E-state index contributed by atoms with van der Waals surface area (Å²) in [5.74, 6) is 1.75. The highest BCUT2D eigenvalue weighted by atomic mass is 16.6. The van der Waals surface area contributed by atoms with Crippen molar-refractivity contribution in [3.63, 3.8) is 0 Å². The SMILES string of the molecule is C/C=C(\C=C/COCC1CO1)C(C)(C)CC1C=C(OCC2CO2)CCC1. The summed E-state index contributed by atoms with van der Waals surface area (Å²) in [6, 6.07) is 0. The van der Waals surface area contributed by atoms with Crippen LogP contribution in [0.3, 0.4) is 0 Å². The van der Waals surface area contributed by atoms with E-state index < -0.39 is 0 Å². The minimum atomic E-state index is 0.133. The molecule has 26 heavy (non-hydrogen) atoms. The normalized spacial score (nSPS) is 29.0. The average Bonchev–Trinajstić information content (AvgIpc) is 3.51. The van der Waals surface area contributed by atoms with E-state index in [1.54, 1.807) is 0 Å². The topological polar surface area (TPSA) is 43.5 Å². The standard InChI is InChI=1S/C22H34O4/c1-4-18(8-6-10-23-13-20-14-25-20)22(2,3)12-17-7-5-9-19(11-17)24-15-21-16-26-21/h4,6,8,11,17,20-21H,5,7,9-10,12-16H2,1-3H3/b8-6-,18-4+. The molecule has 1 aliphatic carbocycles. The Hall–Kier alpha value is -1.10. The Kier molecular flexibility index (Phi) is 6.96. The lowest BCUT2D eigenvalue weighted by Gasteiger charge is -2.32. The summed E-state index contributed by atoms with van der Waals surface area (Å²) in [6.45, 7) is 10.6. The Morgan fingerprint density at radius 1 is 1.23 bits per heavy atom. The molecule has 2 aliphatic heterocycles. The van der Waals surface area contributed by atoms with Gasteiger partial charge in [0, 0.05) is 6.42 Å². The van der Waals surface area contributed by atoms with Crippen molar-refractivity contribution in [1.82, 2.24) is 0 Å². The summed E-state index contributed by atoms with van der Waals surface area (Å²) in [7, 11) is 0. The summed E-state index contributed by atoms with van der Waals surface area (Å²) in [4.78, 5) is 0. The van der Waals surface area contributed by atoms with Gasteiger partial charge in [-0.05, 0) is 49.2 Å². The van der Waals surface area contributed by atoms with E-state index >= 15 is 0 Å². The average molecular weight is 363 g/mol. The van der Waals surface area contributed by atoms with Gasteiger partial charge in [-0.15, -0.1) is 0 Å². The van der Waals surface area contributed by atoms with Gasteiger partial charge < -0.3 is 18.9 Å². The molecule has 3 unspecified atom stereocenters. The number of ether oxygens (including phenoxy) is 4. The number of epoxide rings is 2. The Morgan fingerprint density at radius 3 is 2.65 bits per heavy atom. The first kappa shape index (κ1) is 19.7. The highest BCUT2D eigenvalue weighted by Crippen LogP contribution is 2.39. The van der Waals surface area contributed by atoms with E-state index in [2.05, 4.69) is 45.1 Å². The maximum atomic E-state index is 5.94. The lowest BCUT2D eigenvalue weighted by Crippen LogP contribution is -2.20. The van der Waals surface area contributed by atoms with Crippen molar-refractivity contribution in [3.05, 3.63) is 35.6 Å². The highest BCUT2D eigenvalue weighted by molar-refractivity contribution is 5.25. The minimum Gasteiger partial charge on any atom is -0.495 e. The van der Waals surface area contributed by atoms with Crippen LogP contribution in [0.2, 0.25) is 0 Å². The van der Waals surface area contributed by atoms with Crippen LogP contribution in [0.5, 0.6) is 0 Å². The van der Waals surface area contributed by atoms with Gasteiger partial charge in [-0.3, -0.25) is 0 Å². The lowest BCUT2D eigenvalue weighted by atomic mass is 9.74. The van der Waals surface area contributed by atoms with Crippen LogP contribution in [0.25, 0.3) is 0 Å². The van der Waals surface area contributed by atoms with E-state index in [1.165, 1.54) is 24.2 Å². The first-order chi connectivity index (χ1) is 12.6. The third-order valence-electron chi connectivity index (χ3n) is 5.36. The minimum absolute atomic E-state index is 0.133. The second-order valence-corrected chi connectivity index (χ2v) is 8.28. The van der Waals surface area contributed by atoms with Crippen molar-refractivity contribution in [2.45, 2.75) is 58.7 Å². The van der Waals surface area contributed by atoms with Crippen LogP contribution in [0.1, 0.15) is 46.5 Å². The molecule has 0 bridgehead atoms. The monoisotopic (exact) mass is 362 g/mol. The van der Waals surface area contributed by atoms with Crippen molar-refractivity contribution in [3.8, 4) is 0 Å². The molecule has 3 rings (SSSR count). The maximum Gasteiger partial charge on any atom is 0.116 e. The van der Waals surface area contributed by atoms with Gasteiger partial charge in [0.1, 0.15) is 18.8 Å². The van der Waals surface area contributed by atoms with Gasteiger partial charge in [-0.25, -0.2) is 0 Å². The van der Waals surface area contributed by atoms with E-state index in [-0.39, 0.29) is 5.41 Å². The van der Waals surface area contributed by atoms with Crippen LogP contribution in [-0.2, 0) is 18.9 Å². The summed E-state index contributed by atoms with van der Waals surface area (Å²) in [5, 5.41) is 0. The second kappa shape index (κ2) is 9.20. The molecule has 146 valence electrons. The summed E-state index contributed by atoms with van der Waals surface area (Å²) in [6.07, 6.45) is 14.3. The predicted molar refractivity (Wildman–Crippen MR) is 103 cm³/mol. The fraction of sp³-hybridized carbons (Fsp3) is 0.727. The third-order valence-corrected chi connectivity index (χ3v) is 5.36. The molecule has 0 amide bonds. The van der Waals surface area contributed by atoms with E-state index in [0.717, 1.165) is 32.7 Å². The second-order valence-electron chi connectivity index (χ2n) is 8.28. The van der Waals surface area contributed by atoms with Gasteiger partial charge in [-0.2, -0.15) is 0 Å². The van der Waals surface area contributed by atoms with Crippen molar-refractivity contribution in [1.29, 1.82) is 0 Å². The molecule has 3 aliphatic rings. The van der Waals surface area contributed by atoms with Crippen molar-refractivity contribution in [2.24, 2.45) is 11.3 Å². The molecule has 0 spiro atoms. The Balaban J connectivity index is 1.47. The van der Waals surface area contributed by atoms with E-state index in [1.807, 2.05) is 0 Å². The van der Waals surface area contributed by atoms with Crippen molar-refractivity contribution in [2.75, 3.05) is 33.0 Å². The smallest absolute Gasteiger partial charge is 0.116 e. The zero-order chi connectivity index (χ0) is 18.4. The zero-order valence-corrected chi connectivity index (χ0v) is 16.5. The van der Waals surface area contributed by atoms with Crippen LogP contribution in [0, 0.1) is 11.3 Å². The van der Waals surface area contributed by atoms with Crippen LogP contribution in [-0.4, -0.2) is 45.2 Å². The van der Waals surface area contributed by atoms with E-state index in [0.29, 0.717) is 31.3 Å². The quantitative estimate of drug-likeness (QED) is 0.310. The molecule has 2 fully saturated rings. The van der Waals surface area contributed by atoms with Crippen LogP contribution in [0.4, 0.5) is 0 Å². The lowest BCUT2D eigenvalue weighted by molar-refractivity contribution is 0.141. The third kappa shape index (κ3) is 6.57. The summed E-state index contributed by atoms with van der Waals surface area (Å²) in [5.41, 5.74) is 1.50. The Bertz CT molecular complexity index is 538. The first-order valence-corrected chi connectivity index (χ1v) is 10.0. The summed E-state index contributed by atoms with van der Waals surface area (Å²) < 4.78 is 21.9. The molecule has 0 N–H and O–H groups in total. The zero-order valence-electron chi connectivity index (χ0n) is 16.5. The molecule has 3 atom stereocenters. The Labute approximate surface area is 158 Å². The predicted octanol–water partition coefficient (Wildman–Crippen LogP) is 4.42. The van der Waals surface area contributed by atoms with Gasteiger partial charge in [0.25, 0.3) is 0 Å². The molecule has 0 aromatic heterocycles. The highest BCUT2D eigenvalue weighted by Gasteiger charge is 2.28. The fourth-order valence-corrected chi connectivity index (χ4v) is 3.71. The van der Waals surface area contributed by atoms with Gasteiger partial charge in [0.15, 0.2) is 0 Å². The van der Waals surface area contributed by atoms with Gasteiger partial charge in [-0.1, -0.05) is 32.1 Å². The summed E-state index contributed by atoms with van der Waals surface area (Å²) >= 11 is 0. The van der Waals surface area contributed by atoms with E-state index in [4.69, 9.17) is 18.9 Å². The number of allylic oxidation sites excluding steroid dienone is 5. The van der Waals surface area contributed by atoms with Crippen LogP contribution in [0.15, 0.2) is 35.6 Å². The molecule has 0 aromatic rings. The van der Waals surface area contributed by atoms with Gasteiger partial charge in [0.2, 0.25) is 0 Å². The van der Waals surface area contributed by atoms with Crippen molar-refractivity contribution >= 4 is 0 Å².